The van der Waals surface area contributed by atoms with Crippen molar-refractivity contribution in [2.75, 3.05) is 0 Å². The molecule has 0 unspecified atom stereocenters. The molecule has 0 aliphatic heterocycles. The molecule has 1 amide bonds. The third-order valence-electron chi connectivity index (χ3n) is 2.37. The number of pyridine rings is 1. The summed E-state index contributed by atoms with van der Waals surface area (Å²) in [7, 11) is 0. The molecule has 8 heteroatoms. The van der Waals surface area contributed by atoms with E-state index in [0.29, 0.717) is 11.4 Å². The Labute approximate surface area is 135 Å². The zero-order valence-corrected chi connectivity index (χ0v) is 13.9. The van der Waals surface area contributed by atoms with Crippen LogP contribution in [0.25, 0.3) is 0 Å². The summed E-state index contributed by atoms with van der Waals surface area (Å²) in [6.45, 7) is 0.291. The van der Waals surface area contributed by atoms with E-state index in [2.05, 4.69) is 42.2 Å². The Morgan fingerprint density at radius 1 is 1.35 bits per heavy atom. The summed E-state index contributed by atoms with van der Waals surface area (Å²) in [5, 5.41) is 11.5. The fourth-order valence-corrected chi connectivity index (χ4v) is 3.34. The van der Waals surface area contributed by atoms with Gasteiger partial charge in [-0.05, 0) is 49.6 Å². The van der Waals surface area contributed by atoms with Crippen molar-refractivity contribution < 1.29 is 14.7 Å². The lowest BCUT2D eigenvalue weighted by Crippen LogP contribution is -2.21. The minimum absolute atomic E-state index is 0.0220. The number of hydrogen-bond donors (Lipinski definition) is 2. The highest BCUT2D eigenvalue weighted by atomic mass is 79.9. The van der Waals surface area contributed by atoms with Gasteiger partial charge in [-0.1, -0.05) is 6.07 Å². The molecule has 2 rings (SSSR count). The van der Waals surface area contributed by atoms with Gasteiger partial charge in [0.05, 0.1) is 8.66 Å². The van der Waals surface area contributed by atoms with E-state index in [9.17, 15) is 9.59 Å². The minimum Gasteiger partial charge on any atom is -0.477 e. The molecule has 20 heavy (non-hydrogen) atoms. The number of nitrogens with one attached hydrogen (secondary N) is 1. The van der Waals surface area contributed by atoms with Crippen molar-refractivity contribution in [1.82, 2.24) is 10.3 Å². The quantitative estimate of drug-likeness (QED) is 0.796. The monoisotopic (exact) mass is 418 g/mol. The van der Waals surface area contributed by atoms with E-state index >= 15 is 0 Å². The average molecular weight is 420 g/mol. The number of carboxylic acid groups (broad SMARTS) is 1. The number of carboxylic acids is 1. The van der Waals surface area contributed by atoms with Gasteiger partial charge < -0.3 is 10.4 Å². The first-order valence-corrected chi connectivity index (χ1v) is 7.79. The fourth-order valence-electron chi connectivity index (χ4n) is 1.38. The molecule has 0 fully saturated rings. The maximum Gasteiger partial charge on any atom is 0.354 e. The number of aromatic carboxylic acids is 1. The molecule has 0 spiro atoms. The van der Waals surface area contributed by atoms with Gasteiger partial charge in [-0.25, -0.2) is 9.78 Å². The van der Waals surface area contributed by atoms with Gasteiger partial charge in [0.2, 0.25) is 0 Å². The Morgan fingerprint density at radius 3 is 2.60 bits per heavy atom. The number of carbonyl (C=O) groups is 2. The molecule has 0 bridgehead atoms. The number of hydrogen-bond acceptors (Lipinski definition) is 4. The smallest absolute Gasteiger partial charge is 0.354 e. The Balaban J connectivity index is 1.98. The normalized spacial score (nSPS) is 10.3. The highest BCUT2D eigenvalue weighted by Gasteiger charge is 2.12. The molecule has 2 heterocycles. The van der Waals surface area contributed by atoms with Crippen molar-refractivity contribution in [1.29, 1.82) is 0 Å². The van der Waals surface area contributed by atoms with Gasteiger partial charge in [-0.15, -0.1) is 11.3 Å². The molecule has 0 atom stereocenters. The minimum atomic E-state index is -1.08. The van der Waals surface area contributed by atoms with Crippen LogP contribution < -0.4 is 5.32 Å². The van der Waals surface area contributed by atoms with Crippen molar-refractivity contribution in [3.63, 3.8) is 0 Å². The van der Waals surface area contributed by atoms with Crippen LogP contribution in [0.3, 0.4) is 0 Å². The van der Waals surface area contributed by atoms with E-state index in [4.69, 9.17) is 5.11 Å². The van der Waals surface area contributed by atoms with Gasteiger partial charge in [-0.3, -0.25) is 4.79 Å². The van der Waals surface area contributed by atoms with E-state index in [-0.39, 0.29) is 11.6 Å². The van der Waals surface area contributed by atoms with Crippen molar-refractivity contribution in [3.8, 4) is 0 Å². The van der Waals surface area contributed by atoms with Crippen LogP contribution >= 0.6 is 43.2 Å². The summed E-state index contributed by atoms with van der Waals surface area (Å²) in [5.74, 6) is -1.27. The number of thiophene rings is 1. The first-order valence-electron chi connectivity index (χ1n) is 5.38. The van der Waals surface area contributed by atoms with Crippen LogP contribution in [0.15, 0.2) is 32.7 Å². The van der Waals surface area contributed by atoms with Gasteiger partial charge in [0.15, 0.2) is 0 Å². The van der Waals surface area contributed by atoms with Gasteiger partial charge in [0.1, 0.15) is 5.69 Å². The molecule has 5 nitrogen and oxygen atoms in total. The highest BCUT2D eigenvalue weighted by Crippen LogP contribution is 2.32. The van der Waals surface area contributed by atoms with Crippen molar-refractivity contribution >= 4 is 55.1 Å². The SMILES string of the molecule is O=C(O)c1ccc(CNC(=O)c2cc(Br)c(Br)s2)cn1. The van der Waals surface area contributed by atoms with Crippen LogP contribution in [0.2, 0.25) is 0 Å². The lowest BCUT2D eigenvalue weighted by atomic mass is 10.2. The third kappa shape index (κ3) is 3.65. The molecule has 0 saturated heterocycles. The largest absolute Gasteiger partial charge is 0.477 e. The third-order valence-corrected chi connectivity index (χ3v) is 5.62. The number of carbonyl (C=O) groups excluding carboxylic acids is 1. The zero-order chi connectivity index (χ0) is 14.7. The van der Waals surface area contributed by atoms with E-state index in [1.54, 1.807) is 12.1 Å². The molecule has 0 aliphatic rings. The Morgan fingerprint density at radius 2 is 2.10 bits per heavy atom. The summed E-state index contributed by atoms with van der Waals surface area (Å²) >= 11 is 7.98. The first kappa shape index (κ1) is 15.1. The summed E-state index contributed by atoms with van der Waals surface area (Å²) in [6, 6.07) is 4.76. The van der Waals surface area contributed by atoms with Gasteiger partial charge in [0.25, 0.3) is 5.91 Å². The maximum absolute atomic E-state index is 11.9. The molecule has 0 radical (unpaired) electrons. The summed E-state index contributed by atoms with van der Waals surface area (Å²) in [4.78, 5) is 26.9. The van der Waals surface area contributed by atoms with Crippen LogP contribution in [-0.2, 0) is 6.54 Å². The molecule has 104 valence electrons. The highest BCUT2D eigenvalue weighted by molar-refractivity contribution is 9.13. The van der Waals surface area contributed by atoms with Crippen LogP contribution in [0.1, 0.15) is 25.7 Å². The Kier molecular flexibility index (Phi) is 4.90. The van der Waals surface area contributed by atoms with Gasteiger partial charge in [-0.2, -0.15) is 0 Å². The lowest BCUT2D eigenvalue weighted by Gasteiger charge is -2.03. The summed E-state index contributed by atoms with van der Waals surface area (Å²) in [6.07, 6.45) is 1.43. The second-order valence-electron chi connectivity index (χ2n) is 3.77. The molecule has 2 aromatic heterocycles. The molecule has 2 aromatic rings. The van der Waals surface area contributed by atoms with Crippen molar-refractivity contribution in [2.24, 2.45) is 0 Å². The molecular formula is C12H8Br2N2O3S. The first-order chi connectivity index (χ1) is 9.47. The number of rotatable bonds is 4. The molecular weight excluding hydrogens is 412 g/mol. The average Bonchev–Trinajstić information content (AvgIpc) is 2.76. The van der Waals surface area contributed by atoms with Crippen LogP contribution in [0.4, 0.5) is 0 Å². The van der Waals surface area contributed by atoms with Crippen LogP contribution in [0, 0.1) is 0 Å². The second kappa shape index (κ2) is 6.47. The maximum atomic E-state index is 11.9. The van der Waals surface area contributed by atoms with Gasteiger partial charge in [0, 0.05) is 17.2 Å². The van der Waals surface area contributed by atoms with E-state index in [1.165, 1.54) is 23.6 Å². The predicted molar refractivity (Wildman–Crippen MR) is 82.1 cm³/mol. The predicted octanol–water partition coefficient (Wildman–Crippen LogP) is 3.30. The van der Waals surface area contributed by atoms with E-state index in [0.717, 1.165) is 13.8 Å². The number of nitrogens with zero attached hydrogens (tertiary/aromatic N) is 1. The zero-order valence-electron chi connectivity index (χ0n) is 9.89. The Hall–Kier alpha value is -1.25. The van der Waals surface area contributed by atoms with Gasteiger partial charge >= 0.3 is 5.97 Å². The summed E-state index contributed by atoms with van der Waals surface area (Å²) < 4.78 is 1.69. The Bertz CT molecular complexity index is 636. The summed E-state index contributed by atoms with van der Waals surface area (Å²) in [5.41, 5.74) is 0.712. The molecule has 0 aromatic carbocycles. The molecule has 2 N–H and O–H groups in total. The van der Waals surface area contributed by atoms with Crippen molar-refractivity contribution in [2.45, 2.75) is 6.54 Å². The number of amides is 1. The van der Waals surface area contributed by atoms with E-state index < -0.39 is 5.97 Å². The molecule has 0 saturated carbocycles. The number of aromatic nitrogens is 1. The standard InChI is InChI=1S/C12H8Br2N2O3S/c13-7-3-9(20-10(7)14)11(17)16-5-6-1-2-8(12(18)19)15-4-6/h1-4H,5H2,(H,16,17)(H,18,19). The molecule has 0 aliphatic carbocycles. The topological polar surface area (TPSA) is 79.3 Å². The van der Waals surface area contributed by atoms with Crippen LogP contribution in [-0.4, -0.2) is 22.0 Å². The fraction of sp³-hybridized carbons (Fsp3) is 0.0833. The van der Waals surface area contributed by atoms with Crippen molar-refractivity contribution in [3.05, 3.63) is 48.8 Å². The van der Waals surface area contributed by atoms with Crippen LogP contribution in [0.5, 0.6) is 0 Å². The number of halogens is 2. The lowest BCUT2D eigenvalue weighted by molar-refractivity contribution is 0.0690. The van der Waals surface area contributed by atoms with E-state index in [1.807, 2.05) is 0 Å². The second-order valence-corrected chi connectivity index (χ2v) is 7.00.